The van der Waals surface area contributed by atoms with Crippen LogP contribution < -0.4 is 5.32 Å². The molecule has 2 heteroatoms. The number of rotatable bonds is 2. The molecule has 2 aliphatic carbocycles. The molecule has 19 heavy (non-hydrogen) atoms. The van der Waals surface area contributed by atoms with E-state index in [1.54, 1.807) is 0 Å². The van der Waals surface area contributed by atoms with Gasteiger partial charge in [-0.05, 0) is 37.0 Å². The van der Waals surface area contributed by atoms with Crippen LogP contribution in [0, 0.1) is 11.3 Å². The molecule has 0 amide bonds. The molecule has 2 N–H and O–H groups in total. The van der Waals surface area contributed by atoms with Gasteiger partial charge in [0.2, 0.25) is 0 Å². The summed E-state index contributed by atoms with van der Waals surface area (Å²) in [6, 6.07) is 0.960. The molecule has 0 saturated heterocycles. The van der Waals surface area contributed by atoms with Crippen LogP contribution in [0.4, 0.5) is 0 Å². The van der Waals surface area contributed by atoms with Crippen molar-refractivity contribution in [2.45, 2.75) is 96.7 Å². The lowest BCUT2D eigenvalue weighted by atomic mass is 9.69. The largest absolute Gasteiger partial charge is 0.392 e. The first-order chi connectivity index (χ1) is 8.98. The molecule has 0 aromatic carbocycles. The van der Waals surface area contributed by atoms with Crippen molar-refractivity contribution < 1.29 is 5.11 Å². The van der Waals surface area contributed by atoms with E-state index in [0.717, 1.165) is 18.8 Å². The Labute approximate surface area is 119 Å². The van der Waals surface area contributed by atoms with Crippen LogP contribution in [0.25, 0.3) is 0 Å². The van der Waals surface area contributed by atoms with E-state index in [0.29, 0.717) is 17.5 Å². The van der Waals surface area contributed by atoms with Gasteiger partial charge in [-0.15, -0.1) is 0 Å². The summed E-state index contributed by atoms with van der Waals surface area (Å²) in [7, 11) is 0. The Kier molecular flexibility index (Phi) is 5.30. The summed E-state index contributed by atoms with van der Waals surface area (Å²) in [5, 5.41) is 14.2. The number of aliphatic hydroxyl groups is 1. The van der Waals surface area contributed by atoms with Gasteiger partial charge in [-0.3, -0.25) is 0 Å². The SMILES string of the molecule is CC(C)(C)C1CCCCC1NC1CCCCCC1O. The van der Waals surface area contributed by atoms with Gasteiger partial charge in [-0.1, -0.05) is 52.9 Å². The first-order valence-electron chi connectivity index (χ1n) is 8.42. The second-order valence-corrected chi connectivity index (χ2v) is 7.84. The van der Waals surface area contributed by atoms with Gasteiger partial charge in [-0.25, -0.2) is 0 Å². The van der Waals surface area contributed by atoms with E-state index in [2.05, 4.69) is 26.1 Å². The molecule has 0 spiro atoms. The lowest BCUT2D eigenvalue weighted by Gasteiger charge is -2.43. The van der Waals surface area contributed by atoms with Crippen molar-refractivity contribution in [3.05, 3.63) is 0 Å². The minimum Gasteiger partial charge on any atom is -0.392 e. The molecule has 2 fully saturated rings. The molecule has 2 saturated carbocycles. The summed E-state index contributed by atoms with van der Waals surface area (Å²) in [5.74, 6) is 0.761. The third-order valence-corrected chi connectivity index (χ3v) is 5.29. The number of aliphatic hydroxyl groups excluding tert-OH is 1. The summed E-state index contributed by atoms with van der Waals surface area (Å²) in [4.78, 5) is 0. The Balaban J connectivity index is 1.98. The smallest absolute Gasteiger partial charge is 0.0693 e. The topological polar surface area (TPSA) is 32.3 Å². The molecule has 2 nitrogen and oxygen atoms in total. The van der Waals surface area contributed by atoms with Gasteiger partial charge in [-0.2, -0.15) is 0 Å². The van der Waals surface area contributed by atoms with Crippen LogP contribution in [0.15, 0.2) is 0 Å². The van der Waals surface area contributed by atoms with Crippen LogP contribution in [-0.2, 0) is 0 Å². The highest BCUT2D eigenvalue weighted by atomic mass is 16.3. The third kappa shape index (κ3) is 4.19. The van der Waals surface area contributed by atoms with E-state index in [1.807, 2.05) is 0 Å². The summed E-state index contributed by atoms with van der Waals surface area (Å²) in [5.41, 5.74) is 0.383. The Morgan fingerprint density at radius 1 is 0.789 bits per heavy atom. The summed E-state index contributed by atoms with van der Waals surface area (Å²) in [6.07, 6.45) is 11.2. The molecule has 112 valence electrons. The molecule has 0 aromatic heterocycles. The van der Waals surface area contributed by atoms with Gasteiger partial charge >= 0.3 is 0 Å². The van der Waals surface area contributed by atoms with E-state index in [9.17, 15) is 5.11 Å². The molecular formula is C17H33NO. The lowest BCUT2D eigenvalue weighted by Crippen LogP contribution is -2.51. The number of hydrogen-bond acceptors (Lipinski definition) is 2. The predicted octanol–water partition coefficient (Wildman–Crippen LogP) is 3.87. The third-order valence-electron chi connectivity index (χ3n) is 5.29. The monoisotopic (exact) mass is 267 g/mol. The molecule has 2 rings (SSSR count). The van der Waals surface area contributed by atoms with Crippen molar-refractivity contribution in [3.8, 4) is 0 Å². The van der Waals surface area contributed by atoms with Crippen LogP contribution in [-0.4, -0.2) is 23.3 Å². The van der Waals surface area contributed by atoms with Crippen molar-refractivity contribution in [1.82, 2.24) is 5.32 Å². The van der Waals surface area contributed by atoms with Gasteiger partial charge in [0, 0.05) is 12.1 Å². The van der Waals surface area contributed by atoms with Crippen molar-refractivity contribution >= 4 is 0 Å². The average Bonchev–Trinajstić information content (AvgIpc) is 2.54. The highest BCUT2D eigenvalue weighted by Crippen LogP contribution is 2.38. The Morgan fingerprint density at radius 2 is 1.37 bits per heavy atom. The standard InChI is InChI=1S/C17H33NO/c1-17(2,3)13-9-7-8-10-14(13)18-15-11-5-4-6-12-16(15)19/h13-16,18-19H,4-12H2,1-3H3. The summed E-state index contributed by atoms with van der Waals surface area (Å²) < 4.78 is 0. The molecule has 0 radical (unpaired) electrons. The van der Waals surface area contributed by atoms with Crippen LogP contribution in [0.3, 0.4) is 0 Å². The first kappa shape index (κ1) is 15.3. The fourth-order valence-corrected chi connectivity index (χ4v) is 4.12. The average molecular weight is 267 g/mol. The molecule has 2 aliphatic rings. The summed E-state index contributed by atoms with van der Waals surface area (Å²) >= 11 is 0. The van der Waals surface area contributed by atoms with Gasteiger partial charge in [0.15, 0.2) is 0 Å². The zero-order valence-corrected chi connectivity index (χ0v) is 13.1. The fraction of sp³-hybridized carbons (Fsp3) is 1.00. The predicted molar refractivity (Wildman–Crippen MR) is 81.2 cm³/mol. The molecule has 0 aliphatic heterocycles. The normalized spacial score (nSPS) is 37.9. The van der Waals surface area contributed by atoms with Crippen molar-refractivity contribution in [2.24, 2.45) is 11.3 Å². The van der Waals surface area contributed by atoms with Crippen molar-refractivity contribution in [2.75, 3.05) is 0 Å². The molecule has 0 aromatic rings. The second kappa shape index (κ2) is 6.58. The van der Waals surface area contributed by atoms with E-state index in [-0.39, 0.29) is 6.10 Å². The van der Waals surface area contributed by atoms with E-state index < -0.39 is 0 Å². The molecule has 4 atom stereocenters. The molecular weight excluding hydrogens is 234 g/mol. The first-order valence-corrected chi connectivity index (χ1v) is 8.42. The Hall–Kier alpha value is -0.0800. The van der Waals surface area contributed by atoms with Gasteiger partial charge in [0.1, 0.15) is 0 Å². The molecule has 4 unspecified atom stereocenters. The van der Waals surface area contributed by atoms with Crippen molar-refractivity contribution in [1.29, 1.82) is 0 Å². The minimum absolute atomic E-state index is 0.120. The zero-order chi connectivity index (χ0) is 13.9. The van der Waals surface area contributed by atoms with E-state index in [1.165, 1.54) is 44.9 Å². The highest BCUT2D eigenvalue weighted by Gasteiger charge is 2.36. The van der Waals surface area contributed by atoms with Gasteiger partial charge in [0.25, 0.3) is 0 Å². The van der Waals surface area contributed by atoms with E-state index >= 15 is 0 Å². The van der Waals surface area contributed by atoms with E-state index in [4.69, 9.17) is 0 Å². The maximum atomic E-state index is 10.3. The van der Waals surface area contributed by atoms with Crippen LogP contribution in [0.1, 0.15) is 78.6 Å². The van der Waals surface area contributed by atoms with Crippen LogP contribution in [0.2, 0.25) is 0 Å². The number of hydrogen-bond donors (Lipinski definition) is 2. The van der Waals surface area contributed by atoms with Crippen molar-refractivity contribution in [3.63, 3.8) is 0 Å². The molecule has 0 bridgehead atoms. The zero-order valence-electron chi connectivity index (χ0n) is 13.1. The summed E-state index contributed by atoms with van der Waals surface area (Å²) in [6.45, 7) is 7.13. The second-order valence-electron chi connectivity index (χ2n) is 7.84. The quantitative estimate of drug-likeness (QED) is 0.744. The molecule has 0 heterocycles. The maximum Gasteiger partial charge on any atom is 0.0693 e. The maximum absolute atomic E-state index is 10.3. The Bertz CT molecular complexity index is 271. The van der Waals surface area contributed by atoms with Gasteiger partial charge < -0.3 is 10.4 Å². The van der Waals surface area contributed by atoms with Crippen LogP contribution in [0.5, 0.6) is 0 Å². The highest BCUT2D eigenvalue weighted by molar-refractivity contribution is 4.91. The lowest BCUT2D eigenvalue weighted by molar-refractivity contribution is 0.0753. The number of nitrogens with one attached hydrogen (secondary N) is 1. The Morgan fingerprint density at radius 3 is 2.11 bits per heavy atom. The van der Waals surface area contributed by atoms with Crippen LogP contribution >= 0.6 is 0 Å². The fourth-order valence-electron chi connectivity index (χ4n) is 4.12. The minimum atomic E-state index is -0.120. The van der Waals surface area contributed by atoms with Gasteiger partial charge in [0.05, 0.1) is 6.10 Å².